The molecule has 0 aromatic heterocycles. The van der Waals surface area contributed by atoms with E-state index in [4.69, 9.17) is 9.47 Å². The number of carbonyl (C=O) groups excluding carboxylic acids is 2. The summed E-state index contributed by atoms with van der Waals surface area (Å²) in [6.45, 7) is 4.83. The van der Waals surface area contributed by atoms with E-state index in [0.29, 0.717) is 41.8 Å². The molecule has 1 unspecified atom stereocenters. The number of benzene rings is 2. The highest BCUT2D eigenvalue weighted by molar-refractivity contribution is 5.89. The Balaban J connectivity index is 2.04. The maximum atomic E-state index is 13.0. The van der Waals surface area contributed by atoms with Crippen LogP contribution in [0.2, 0.25) is 0 Å². The number of ether oxygens (including phenoxy) is 2. The standard InChI is InChI=1S/C28H36N2O6/c1-4-35-26(33)22-9-7-21(8-10-22)13-16-30(3)15-6-14-28(20-29,27(34)36-5-2)25-12-11-23(18-31)24(17-25)19-32/h7-12,17,31-32H,4-6,13-16,18-19H2,1-3H3. The van der Waals surface area contributed by atoms with Gasteiger partial charge in [-0.05, 0) is 81.1 Å². The molecule has 0 aliphatic rings. The van der Waals surface area contributed by atoms with Crippen LogP contribution in [0.5, 0.6) is 0 Å². The third kappa shape index (κ3) is 7.37. The molecular formula is C28H36N2O6. The zero-order chi connectivity index (χ0) is 26.6. The molecule has 2 N–H and O–H groups in total. The van der Waals surface area contributed by atoms with Crippen molar-refractivity contribution in [2.24, 2.45) is 0 Å². The number of esters is 2. The molecule has 0 bridgehead atoms. The molecule has 2 rings (SSSR count). The molecule has 194 valence electrons. The number of aliphatic hydroxyl groups excluding tert-OH is 2. The number of hydrogen-bond donors (Lipinski definition) is 2. The van der Waals surface area contributed by atoms with Crippen LogP contribution < -0.4 is 0 Å². The molecule has 0 heterocycles. The summed E-state index contributed by atoms with van der Waals surface area (Å²) in [6.07, 6.45) is 1.61. The van der Waals surface area contributed by atoms with Crippen LogP contribution in [0.15, 0.2) is 42.5 Å². The second kappa shape index (κ2) is 14.3. The number of hydrogen-bond acceptors (Lipinski definition) is 8. The number of likely N-dealkylation sites (N-methyl/N-ethyl adjacent to an activating group) is 1. The first-order valence-corrected chi connectivity index (χ1v) is 12.2. The fraction of sp³-hybridized carbons (Fsp3) is 0.464. The molecule has 36 heavy (non-hydrogen) atoms. The normalized spacial score (nSPS) is 12.6. The Labute approximate surface area is 213 Å². The fourth-order valence-electron chi connectivity index (χ4n) is 4.05. The van der Waals surface area contributed by atoms with E-state index >= 15 is 0 Å². The highest BCUT2D eigenvalue weighted by Crippen LogP contribution is 2.32. The summed E-state index contributed by atoms with van der Waals surface area (Å²) in [5, 5.41) is 29.3. The molecule has 2 aromatic rings. The summed E-state index contributed by atoms with van der Waals surface area (Å²) >= 11 is 0. The van der Waals surface area contributed by atoms with Crippen molar-refractivity contribution >= 4 is 11.9 Å². The first kappa shape index (κ1) is 29.0. The highest BCUT2D eigenvalue weighted by Gasteiger charge is 2.42. The van der Waals surface area contributed by atoms with Crippen LogP contribution >= 0.6 is 0 Å². The Morgan fingerprint density at radius 1 is 0.972 bits per heavy atom. The van der Waals surface area contributed by atoms with Gasteiger partial charge in [-0.2, -0.15) is 5.26 Å². The van der Waals surface area contributed by atoms with E-state index in [1.807, 2.05) is 19.2 Å². The smallest absolute Gasteiger partial charge is 0.338 e. The topological polar surface area (TPSA) is 120 Å². The average Bonchev–Trinajstić information content (AvgIpc) is 2.90. The van der Waals surface area contributed by atoms with Crippen molar-refractivity contribution < 1.29 is 29.3 Å². The van der Waals surface area contributed by atoms with Gasteiger partial charge >= 0.3 is 11.9 Å². The molecular weight excluding hydrogens is 460 g/mol. The van der Waals surface area contributed by atoms with Gasteiger partial charge in [-0.1, -0.05) is 30.3 Å². The lowest BCUT2D eigenvalue weighted by molar-refractivity contribution is -0.148. The van der Waals surface area contributed by atoms with Gasteiger partial charge in [0.25, 0.3) is 0 Å². The largest absolute Gasteiger partial charge is 0.465 e. The molecule has 8 heteroatoms. The van der Waals surface area contributed by atoms with Gasteiger partial charge in [0.1, 0.15) is 0 Å². The third-order valence-corrected chi connectivity index (χ3v) is 6.19. The van der Waals surface area contributed by atoms with Crippen molar-refractivity contribution in [1.29, 1.82) is 5.26 Å². The van der Waals surface area contributed by atoms with Crippen LogP contribution in [0, 0.1) is 11.3 Å². The van der Waals surface area contributed by atoms with Crippen molar-refractivity contribution in [2.75, 3.05) is 33.4 Å². The van der Waals surface area contributed by atoms with E-state index in [0.717, 1.165) is 18.5 Å². The molecule has 0 spiro atoms. The van der Waals surface area contributed by atoms with Crippen LogP contribution in [0.3, 0.4) is 0 Å². The molecule has 0 aliphatic carbocycles. The molecule has 0 saturated heterocycles. The van der Waals surface area contributed by atoms with Gasteiger partial charge in [-0.25, -0.2) is 9.59 Å². The second-order valence-corrected chi connectivity index (χ2v) is 8.61. The summed E-state index contributed by atoms with van der Waals surface area (Å²) in [5.74, 6) is -0.946. The summed E-state index contributed by atoms with van der Waals surface area (Å²) in [7, 11) is 1.98. The molecule has 0 radical (unpaired) electrons. The van der Waals surface area contributed by atoms with Crippen LogP contribution in [-0.2, 0) is 39.3 Å². The van der Waals surface area contributed by atoms with Gasteiger partial charge in [0.2, 0.25) is 0 Å². The zero-order valence-electron chi connectivity index (χ0n) is 21.3. The number of nitrogens with zero attached hydrogens (tertiary/aromatic N) is 2. The van der Waals surface area contributed by atoms with Crippen LogP contribution in [-0.4, -0.2) is 60.4 Å². The predicted octanol–water partition coefficient (Wildman–Crippen LogP) is 3.13. The van der Waals surface area contributed by atoms with Crippen molar-refractivity contribution in [2.45, 2.75) is 51.7 Å². The van der Waals surface area contributed by atoms with Crippen LogP contribution in [0.1, 0.15) is 59.3 Å². The van der Waals surface area contributed by atoms with Crippen molar-refractivity contribution in [3.8, 4) is 6.07 Å². The van der Waals surface area contributed by atoms with Crippen LogP contribution in [0.25, 0.3) is 0 Å². The number of rotatable bonds is 14. The van der Waals surface area contributed by atoms with Crippen molar-refractivity contribution in [3.63, 3.8) is 0 Å². The summed E-state index contributed by atoms with van der Waals surface area (Å²) in [5.41, 5.74) is 1.59. The van der Waals surface area contributed by atoms with Crippen molar-refractivity contribution in [3.05, 3.63) is 70.3 Å². The minimum absolute atomic E-state index is 0.151. The van der Waals surface area contributed by atoms with E-state index < -0.39 is 11.4 Å². The summed E-state index contributed by atoms with van der Waals surface area (Å²) < 4.78 is 10.3. The van der Waals surface area contributed by atoms with E-state index in [1.165, 1.54) is 0 Å². The van der Waals surface area contributed by atoms with Gasteiger partial charge in [0, 0.05) is 6.54 Å². The van der Waals surface area contributed by atoms with Gasteiger partial charge in [-0.3, -0.25) is 0 Å². The molecule has 0 aliphatic heterocycles. The molecule has 2 aromatic carbocycles. The average molecular weight is 497 g/mol. The number of nitriles is 1. The quantitative estimate of drug-likeness (QED) is 0.383. The zero-order valence-corrected chi connectivity index (χ0v) is 21.3. The maximum Gasteiger partial charge on any atom is 0.338 e. The van der Waals surface area contributed by atoms with Gasteiger partial charge in [-0.15, -0.1) is 0 Å². The molecule has 0 fully saturated rings. The Kier molecular flexibility index (Phi) is 11.5. The van der Waals surface area contributed by atoms with Gasteiger partial charge < -0.3 is 24.6 Å². The lowest BCUT2D eigenvalue weighted by Crippen LogP contribution is -2.37. The van der Waals surface area contributed by atoms with Gasteiger partial charge in [0.05, 0.1) is 38.1 Å². The second-order valence-electron chi connectivity index (χ2n) is 8.61. The third-order valence-electron chi connectivity index (χ3n) is 6.19. The highest BCUT2D eigenvalue weighted by atomic mass is 16.5. The lowest BCUT2D eigenvalue weighted by Gasteiger charge is -2.27. The Morgan fingerprint density at radius 2 is 1.64 bits per heavy atom. The molecule has 0 saturated carbocycles. The number of carbonyl (C=O) groups is 2. The first-order chi connectivity index (χ1) is 17.3. The predicted molar refractivity (Wildman–Crippen MR) is 135 cm³/mol. The van der Waals surface area contributed by atoms with Crippen molar-refractivity contribution in [1.82, 2.24) is 4.90 Å². The Morgan fingerprint density at radius 3 is 2.22 bits per heavy atom. The summed E-state index contributed by atoms with van der Waals surface area (Å²) in [6, 6.07) is 14.4. The van der Waals surface area contributed by atoms with E-state index in [9.17, 15) is 25.1 Å². The first-order valence-electron chi connectivity index (χ1n) is 12.2. The molecule has 0 amide bonds. The lowest BCUT2D eigenvalue weighted by atomic mass is 9.77. The molecule has 8 nitrogen and oxygen atoms in total. The number of aliphatic hydroxyl groups is 2. The maximum absolute atomic E-state index is 13.0. The Hall–Kier alpha value is -3.25. The van der Waals surface area contributed by atoms with Crippen LogP contribution in [0.4, 0.5) is 0 Å². The van der Waals surface area contributed by atoms with E-state index in [-0.39, 0.29) is 32.2 Å². The minimum atomic E-state index is -1.50. The fourth-order valence-corrected chi connectivity index (χ4v) is 4.05. The SMILES string of the molecule is CCOC(=O)c1ccc(CCN(C)CCCC(C#N)(C(=O)OCC)c2ccc(CO)c(CO)c2)cc1. The summed E-state index contributed by atoms with van der Waals surface area (Å²) in [4.78, 5) is 26.9. The van der Waals surface area contributed by atoms with Gasteiger partial charge in [0.15, 0.2) is 5.41 Å². The van der Waals surface area contributed by atoms with E-state index in [2.05, 4.69) is 11.0 Å². The molecule has 1 atom stereocenters. The monoisotopic (exact) mass is 496 g/mol. The van der Waals surface area contributed by atoms with E-state index in [1.54, 1.807) is 44.2 Å². The Bertz CT molecular complexity index is 1050. The minimum Gasteiger partial charge on any atom is -0.465 e.